The van der Waals surface area contributed by atoms with E-state index in [1.54, 1.807) is 30.4 Å². The quantitative estimate of drug-likeness (QED) is 0.143. The van der Waals surface area contributed by atoms with Crippen molar-refractivity contribution in [3.8, 4) is 16.9 Å². The molecule has 3 aliphatic rings. The molecular weight excluding hydrogens is 749 g/mol. The number of hydrogen-bond acceptors (Lipinski definition) is 9. The summed E-state index contributed by atoms with van der Waals surface area (Å²) in [7, 11) is 1.66. The van der Waals surface area contributed by atoms with Gasteiger partial charge in [-0.15, -0.1) is 0 Å². The maximum atomic E-state index is 14.4. The zero-order valence-electron chi connectivity index (χ0n) is 35.8. The first-order chi connectivity index (χ1) is 28.1. The zero-order chi connectivity index (χ0) is 42.8. The van der Waals surface area contributed by atoms with Gasteiger partial charge < -0.3 is 29.4 Å². The van der Waals surface area contributed by atoms with Crippen LogP contribution in [0.3, 0.4) is 0 Å². The Morgan fingerprint density at radius 1 is 1.15 bits per heavy atom. The first-order valence-corrected chi connectivity index (χ1v) is 20.8. The van der Waals surface area contributed by atoms with Crippen molar-refractivity contribution >= 4 is 46.4 Å². The molecule has 0 unspecified atom stereocenters. The fourth-order valence-electron chi connectivity index (χ4n) is 8.94. The maximum Gasteiger partial charge on any atom is 0.324 e. The van der Waals surface area contributed by atoms with Crippen LogP contribution in [0.5, 0.6) is 5.75 Å². The zero-order valence-corrected chi connectivity index (χ0v) is 35.8. The van der Waals surface area contributed by atoms with Gasteiger partial charge in [0.05, 0.1) is 24.1 Å². The Labute approximate surface area is 347 Å². The molecule has 5 atom stereocenters. The van der Waals surface area contributed by atoms with Gasteiger partial charge in [-0.2, -0.15) is 0 Å². The highest BCUT2D eigenvalue weighted by Crippen LogP contribution is 2.40. The summed E-state index contributed by atoms with van der Waals surface area (Å²) >= 11 is 0. The van der Waals surface area contributed by atoms with Crippen LogP contribution in [0.15, 0.2) is 59.7 Å². The number of carbonyl (C=O) groups excluding carboxylic acids is 4. The number of aliphatic imine (C=N–C) groups is 1. The Morgan fingerprint density at radius 3 is 2.59 bits per heavy atom. The van der Waals surface area contributed by atoms with Gasteiger partial charge in [0.2, 0.25) is 11.8 Å². The molecule has 0 spiro atoms. The number of carbonyl (C=O) groups is 4. The third-order valence-corrected chi connectivity index (χ3v) is 12.0. The van der Waals surface area contributed by atoms with E-state index in [0.29, 0.717) is 50.9 Å². The lowest BCUT2D eigenvalue weighted by Crippen LogP contribution is -2.61. The average molecular weight is 809 g/mol. The van der Waals surface area contributed by atoms with Crippen LogP contribution in [-0.4, -0.2) is 101 Å². The number of benzene rings is 2. The third kappa shape index (κ3) is 9.01. The number of cyclic esters (lactones) is 1. The molecule has 0 aliphatic carbocycles. The third-order valence-electron chi connectivity index (χ3n) is 12.0. The second-order valence-electron chi connectivity index (χ2n) is 16.9. The minimum atomic E-state index is -1.08. The molecule has 2 saturated heterocycles. The minimum absolute atomic E-state index is 0.0104. The number of esters is 1. The van der Waals surface area contributed by atoms with E-state index in [1.807, 2.05) is 39.0 Å². The highest BCUT2D eigenvalue weighted by atomic mass is 16.5. The van der Waals surface area contributed by atoms with Gasteiger partial charge in [-0.05, 0) is 98.9 Å². The molecule has 6 rings (SSSR count). The summed E-state index contributed by atoms with van der Waals surface area (Å²) in [6, 6.07) is 8.87. The maximum absolute atomic E-state index is 14.4. The molecule has 3 amide bonds. The highest BCUT2D eigenvalue weighted by Gasteiger charge is 2.41. The number of fused-ring (bicyclic) bond motifs is 6. The molecular formula is C46H60N6O7. The van der Waals surface area contributed by atoms with Crippen molar-refractivity contribution in [3.63, 3.8) is 0 Å². The van der Waals surface area contributed by atoms with Crippen molar-refractivity contribution in [1.29, 1.82) is 0 Å². The monoisotopic (exact) mass is 808 g/mol. The van der Waals surface area contributed by atoms with Gasteiger partial charge in [-0.25, -0.2) is 5.43 Å². The van der Waals surface area contributed by atoms with Crippen LogP contribution in [0, 0.1) is 11.3 Å². The Morgan fingerprint density at radius 2 is 1.92 bits per heavy atom. The molecule has 6 bridgehead atoms. The SMILES string of the molecule is C=C/C(=C(\N=C/C)[C@H](C)OC)c1c2c3cc(ccc3n1CC)-c1cc(O)cc(c1)C[C@H](NC(=O)[C@@H]1[C@H](C)CCN1C(C)=O)C(=O)N1CCC[C@H](N1)C(=O)OCC(C)(C)C2. The molecule has 3 N–H and O–H groups in total. The summed E-state index contributed by atoms with van der Waals surface area (Å²) in [4.78, 5) is 61.1. The number of aromatic nitrogens is 1. The lowest BCUT2D eigenvalue weighted by molar-refractivity contribution is -0.155. The Kier molecular flexibility index (Phi) is 13.2. The molecule has 13 nitrogen and oxygen atoms in total. The van der Waals surface area contributed by atoms with Crippen molar-refractivity contribution in [1.82, 2.24) is 25.2 Å². The van der Waals surface area contributed by atoms with Gasteiger partial charge in [-0.3, -0.25) is 29.2 Å². The molecule has 3 aromatic rings. The molecule has 13 heteroatoms. The van der Waals surface area contributed by atoms with E-state index in [4.69, 9.17) is 14.5 Å². The highest BCUT2D eigenvalue weighted by molar-refractivity contribution is 5.96. The number of likely N-dealkylation sites (tertiary alicyclic amines) is 1. The Bertz CT molecular complexity index is 2190. The van der Waals surface area contributed by atoms with Gasteiger partial charge in [0.25, 0.3) is 5.91 Å². The topological polar surface area (TPSA) is 155 Å². The van der Waals surface area contributed by atoms with E-state index in [9.17, 15) is 24.3 Å². The van der Waals surface area contributed by atoms with Crippen LogP contribution in [0.2, 0.25) is 0 Å². The summed E-state index contributed by atoms with van der Waals surface area (Å²) < 4.78 is 14.1. The Hall–Kier alpha value is -5.27. The molecule has 316 valence electrons. The van der Waals surface area contributed by atoms with E-state index in [1.165, 1.54) is 11.9 Å². The molecule has 2 fully saturated rings. The number of allylic oxidation sites excluding steroid dienone is 2. The lowest BCUT2D eigenvalue weighted by atomic mass is 9.84. The number of nitrogens with zero attached hydrogens (tertiary/aromatic N) is 4. The van der Waals surface area contributed by atoms with Gasteiger partial charge in [0.15, 0.2) is 0 Å². The number of phenols is 1. The van der Waals surface area contributed by atoms with Crippen molar-refractivity contribution < 1.29 is 33.8 Å². The molecule has 0 radical (unpaired) electrons. The summed E-state index contributed by atoms with van der Waals surface area (Å²) in [6.07, 6.45) is 5.50. The van der Waals surface area contributed by atoms with Crippen LogP contribution in [-0.2, 0) is 48.0 Å². The summed E-state index contributed by atoms with van der Waals surface area (Å²) in [5.41, 5.74) is 9.31. The van der Waals surface area contributed by atoms with Crippen LogP contribution in [0.1, 0.15) is 84.5 Å². The van der Waals surface area contributed by atoms with E-state index < -0.39 is 41.3 Å². The molecule has 59 heavy (non-hydrogen) atoms. The molecule has 2 aromatic carbocycles. The molecule has 4 heterocycles. The van der Waals surface area contributed by atoms with Crippen LogP contribution >= 0.6 is 0 Å². The fourth-order valence-corrected chi connectivity index (χ4v) is 8.94. The number of nitrogens with one attached hydrogen (secondary N) is 2. The van der Waals surface area contributed by atoms with Crippen molar-refractivity contribution in [2.75, 3.05) is 26.8 Å². The number of rotatable bonds is 8. The van der Waals surface area contributed by atoms with Gasteiger partial charge >= 0.3 is 5.97 Å². The first kappa shape index (κ1) is 43.3. The van der Waals surface area contributed by atoms with Crippen LogP contribution in [0.4, 0.5) is 0 Å². The number of aryl methyl sites for hydroxylation is 1. The second-order valence-corrected chi connectivity index (χ2v) is 16.9. The molecule has 0 saturated carbocycles. The Balaban J connectivity index is 1.54. The van der Waals surface area contributed by atoms with E-state index in [-0.39, 0.29) is 36.7 Å². The van der Waals surface area contributed by atoms with Crippen molar-refractivity contribution in [3.05, 3.63) is 71.6 Å². The van der Waals surface area contributed by atoms with E-state index in [0.717, 1.165) is 44.6 Å². The summed E-state index contributed by atoms with van der Waals surface area (Å²) in [5, 5.41) is 16.6. The first-order valence-electron chi connectivity index (χ1n) is 20.8. The van der Waals surface area contributed by atoms with Crippen molar-refractivity contribution in [2.24, 2.45) is 16.3 Å². The predicted molar refractivity (Wildman–Crippen MR) is 229 cm³/mol. The predicted octanol–water partition coefficient (Wildman–Crippen LogP) is 5.96. The molecule has 1 aromatic heterocycles. The normalized spacial score (nSPS) is 23.5. The number of phenolic OH excluding ortho intramolecular Hbond substituents is 1. The number of hydrogen-bond donors (Lipinski definition) is 3. The largest absolute Gasteiger partial charge is 0.508 e. The summed E-state index contributed by atoms with van der Waals surface area (Å²) in [6.45, 7) is 19.2. The standard InChI is InChI=1S/C46H60N6O7/c1-10-34(40(47-11-2)28(5)58-9)42-36-25-46(7,8)26-59-45(57)37-14-13-18-52(49-37)44(56)38(48-43(55)41-27(4)17-19-51(41)29(6)53)22-30-20-32(23-33(54)21-30)31-15-16-39(35(36)24-31)50(42)12-3/h10-11,15-16,20-21,23-24,27-28,37-38,41,49,54H,1,12-14,17-19,22,25-26H2,2-9H3,(H,48,55)/b40-34+,47-11-/t27-,28+,37+,38+,41+/m1/s1. The lowest BCUT2D eigenvalue weighted by Gasteiger charge is -2.36. The fraction of sp³-hybridized carbons (Fsp3) is 0.500. The van der Waals surface area contributed by atoms with E-state index in [2.05, 4.69) is 54.8 Å². The molecule has 3 aliphatic heterocycles. The number of aromatic hydroxyl groups is 1. The van der Waals surface area contributed by atoms with Gasteiger partial charge in [0, 0.05) is 68.2 Å². The number of methoxy groups -OCH3 is 1. The van der Waals surface area contributed by atoms with Gasteiger partial charge in [0.1, 0.15) is 23.9 Å². The van der Waals surface area contributed by atoms with E-state index >= 15 is 0 Å². The summed E-state index contributed by atoms with van der Waals surface area (Å²) in [5.74, 6) is -1.62. The van der Waals surface area contributed by atoms with Gasteiger partial charge in [-0.1, -0.05) is 45.6 Å². The number of amides is 3. The smallest absolute Gasteiger partial charge is 0.324 e. The number of ether oxygens (including phenoxy) is 2. The average Bonchev–Trinajstić information content (AvgIpc) is 3.75. The van der Waals surface area contributed by atoms with Crippen molar-refractivity contribution in [2.45, 2.75) is 111 Å². The minimum Gasteiger partial charge on any atom is -0.508 e. The second kappa shape index (κ2) is 17.9. The number of hydrazine groups is 1. The van der Waals surface area contributed by atoms with Crippen LogP contribution < -0.4 is 10.7 Å². The van der Waals surface area contributed by atoms with Crippen LogP contribution in [0.25, 0.3) is 27.6 Å².